The molecule has 0 aliphatic carbocycles. The van der Waals surface area contributed by atoms with Gasteiger partial charge < -0.3 is 4.90 Å². The lowest BCUT2D eigenvalue weighted by molar-refractivity contribution is -0.143. The molecule has 1 aromatic rings. The second kappa shape index (κ2) is 6.12. The summed E-state index contributed by atoms with van der Waals surface area (Å²) >= 11 is 1.04. The lowest BCUT2D eigenvalue weighted by Gasteiger charge is -2.44. The molecule has 5 nitrogen and oxygen atoms in total. The first-order valence-corrected chi connectivity index (χ1v) is 8.43. The summed E-state index contributed by atoms with van der Waals surface area (Å²) in [4.78, 5) is 39.0. The average Bonchev–Trinajstić information content (AvgIpc) is 2.80. The first kappa shape index (κ1) is 15.1. The molecule has 116 valence electrons. The predicted molar refractivity (Wildman–Crippen MR) is 84.5 cm³/mol. The molecular weight excluding hydrogens is 300 g/mol. The van der Waals surface area contributed by atoms with E-state index in [1.807, 2.05) is 37.3 Å². The van der Waals surface area contributed by atoms with E-state index in [9.17, 15) is 14.4 Å². The predicted octanol–water partition coefficient (Wildman–Crippen LogP) is 2.09. The number of hydrogen-bond acceptors (Lipinski definition) is 4. The van der Waals surface area contributed by atoms with E-state index in [2.05, 4.69) is 0 Å². The van der Waals surface area contributed by atoms with Crippen LogP contribution in [0.2, 0.25) is 0 Å². The molecule has 2 fully saturated rings. The standard InChI is InChI=1S/C16H18N2O3S/c1-2-13(11-6-4-3-5-7-11)15(20)17-8-12(9-17)18-14(19)10-22-16(18)21/h3-7,12-13H,2,8-10H2,1H3/t13-/m1/s1. The highest BCUT2D eigenvalue weighted by Crippen LogP contribution is 2.29. The number of likely N-dealkylation sites (tertiary alicyclic amines) is 1. The van der Waals surface area contributed by atoms with Gasteiger partial charge in [0.15, 0.2) is 0 Å². The Balaban J connectivity index is 1.63. The Morgan fingerprint density at radius 1 is 1.27 bits per heavy atom. The first-order valence-electron chi connectivity index (χ1n) is 7.44. The van der Waals surface area contributed by atoms with Gasteiger partial charge in [-0.15, -0.1) is 0 Å². The number of hydrogen-bond donors (Lipinski definition) is 0. The summed E-state index contributed by atoms with van der Waals surface area (Å²) < 4.78 is 0. The zero-order chi connectivity index (χ0) is 15.7. The molecule has 0 N–H and O–H groups in total. The van der Waals surface area contributed by atoms with Crippen molar-refractivity contribution < 1.29 is 14.4 Å². The lowest BCUT2D eigenvalue weighted by Crippen LogP contribution is -2.62. The topological polar surface area (TPSA) is 57.7 Å². The van der Waals surface area contributed by atoms with Crippen molar-refractivity contribution in [1.82, 2.24) is 9.80 Å². The molecular formula is C16H18N2O3S. The minimum atomic E-state index is -0.183. The first-order chi connectivity index (χ1) is 10.6. The SMILES string of the molecule is CC[C@@H](C(=O)N1CC(N2C(=O)CSC2=O)C1)c1ccccc1. The van der Waals surface area contributed by atoms with E-state index in [1.165, 1.54) is 4.90 Å². The van der Waals surface area contributed by atoms with E-state index in [4.69, 9.17) is 0 Å². The summed E-state index contributed by atoms with van der Waals surface area (Å²) in [6.07, 6.45) is 0.738. The van der Waals surface area contributed by atoms with Gasteiger partial charge in [0, 0.05) is 13.1 Å². The van der Waals surface area contributed by atoms with E-state index < -0.39 is 0 Å². The van der Waals surface area contributed by atoms with Crippen molar-refractivity contribution in [3.8, 4) is 0 Å². The van der Waals surface area contributed by atoms with Crippen LogP contribution in [0.4, 0.5) is 4.79 Å². The van der Waals surface area contributed by atoms with Gasteiger partial charge in [0.25, 0.3) is 5.24 Å². The van der Waals surface area contributed by atoms with Crippen LogP contribution in [0.5, 0.6) is 0 Å². The maximum atomic E-state index is 12.6. The molecule has 22 heavy (non-hydrogen) atoms. The number of carbonyl (C=O) groups is 3. The van der Waals surface area contributed by atoms with Gasteiger partial charge in [-0.2, -0.15) is 0 Å². The summed E-state index contributed by atoms with van der Waals surface area (Å²) in [7, 11) is 0. The van der Waals surface area contributed by atoms with E-state index in [0.29, 0.717) is 13.1 Å². The monoisotopic (exact) mass is 318 g/mol. The number of carbonyl (C=O) groups excluding carboxylic acids is 3. The third kappa shape index (κ3) is 2.63. The fourth-order valence-corrected chi connectivity index (χ4v) is 3.75. The molecule has 3 rings (SSSR count). The summed E-state index contributed by atoms with van der Waals surface area (Å²) in [5, 5.41) is -0.183. The zero-order valence-electron chi connectivity index (χ0n) is 12.4. The van der Waals surface area contributed by atoms with Gasteiger partial charge in [0.05, 0.1) is 17.7 Å². The largest absolute Gasteiger partial charge is 0.338 e. The Hall–Kier alpha value is -1.82. The number of amides is 3. The number of benzene rings is 1. The molecule has 1 aromatic carbocycles. The Morgan fingerprint density at radius 3 is 2.50 bits per heavy atom. The Labute approximate surface area is 133 Å². The maximum Gasteiger partial charge on any atom is 0.289 e. The number of rotatable bonds is 4. The molecule has 2 heterocycles. The molecule has 2 aliphatic heterocycles. The van der Waals surface area contributed by atoms with Gasteiger partial charge in [-0.25, -0.2) is 0 Å². The minimum Gasteiger partial charge on any atom is -0.338 e. The van der Waals surface area contributed by atoms with Crippen LogP contribution in [-0.2, 0) is 9.59 Å². The second-order valence-electron chi connectivity index (χ2n) is 5.59. The quantitative estimate of drug-likeness (QED) is 0.853. The van der Waals surface area contributed by atoms with Crippen LogP contribution in [0.15, 0.2) is 30.3 Å². The minimum absolute atomic E-state index is 0.0803. The number of thioether (sulfide) groups is 1. The molecule has 0 saturated carbocycles. The molecule has 3 amide bonds. The van der Waals surface area contributed by atoms with Gasteiger partial charge in [-0.3, -0.25) is 19.3 Å². The van der Waals surface area contributed by atoms with Crippen LogP contribution in [0, 0.1) is 0 Å². The molecule has 0 bridgehead atoms. The van der Waals surface area contributed by atoms with Crippen molar-refractivity contribution in [2.24, 2.45) is 0 Å². The van der Waals surface area contributed by atoms with Crippen LogP contribution >= 0.6 is 11.8 Å². The number of imide groups is 1. The van der Waals surface area contributed by atoms with Gasteiger partial charge in [0.2, 0.25) is 11.8 Å². The van der Waals surface area contributed by atoms with Crippen LogP contribution in [0.1, 0.15) is 24.8 Å². The van der Waals surface area contributed by atoms with E-state index >= 15 is 0 Å². The van der Waals surface area contributed by atoms with Crippen molar-refractivity contribution in [2.75, 3.05) is 18.8 Å². The van der Waals surface area contributed by atoms with Crippen molar-refractivity contribution in [2.45, 2.75) is 25.3 Å². The highest BCUT2D eigenvalue weighted by molar-refractivity contribution is 8.14. The number of nitrogens with zero attached hydrogens (tertiary/aromatic N) is 2. The highest BCUT2D eigenvalue weighted by Gasteiger charge is 2.44. The fourth-order valence-electron chi connectivity index (χ4n) is 2.97. The van der Waals surface area contributed by atoms with Crippen LogP contribution in [-0.4, -0.2) is 51.7 Å². The Morgan fingerprint density at radius 2 is 1.95 bits per heavy atom. The Bertz CT molecular complexity index is 583. The highest BCUT2D eigenvalue weighted by atomic mass is 32.2. The van der Waals surface area contributed by atoms with Gasteiger partial charge >= 0.3 is 0 Å². The zero-order valence-corrected chi connectivity index (χ0v) is 13.2. The average molecular weight is 318 g/mol. The van der Waals surface area contributed by atoms with E-state index in [0.717, 1.165) is 23.7 Å². The van der Waals surface area contributed by atoms with Gasteiger partial charge in [-0.05, 0) is 12.0 Å². The summed E-state index contributed by atoms with van der Waals surface area (Å²) in [6, 6.07) is 9.59. The van der Waals surface area contributed by atoms with Crippen molar-refractivity contribution in [3.63, 3.8) is 0 Å². The third-order valence-electron chi connectivity index (χ3n) is 4.23. The fraction of sp³-hybridized carbons (Fsp3) is 0.438. The molecule has 0 aromatic heterocycles. The normalized spacial score (nSPS) is 20.2. The van der Waals surface area contributed by atoms with E-state index in [1.54, 1.807) is 4.90 Å². The molecule has 2 aliphatic rings. The van der Waals surface area contributed by atoms with Crippen molar-refractivity contribution in [1.29, 1.82) is 0 Å². The van der Waals surface area contributed by atoms with E-state index in [-0.39, 0.29) is 34.8 Å². The summed E-state index contributed by atoms with van der Waals surface area (Å²) in [6.45, 7) is 2.91. The van der Waals surface area contributed by atoms with Crippen LogP contribution in [0.3, 0.4) is 0 Å². The van der Waals surface area contributed by atoms with Crippen molar-refractivity contribution in [3.05, 3.63) is 35.9 Å². The van der Waals surface area contributed by atoms with Crippen LogP contribution in [0.25, 0.3) is 0 Å². The van der Waals surface area contributed by atoms with Gasteiger partial charge in [-0.1, -0.05) is 49.0 Å². The maximum absolute atomic E-state index is 12.6. The molecule has 0 radical (unpaired) electrons. The van der Waals surface area contributed by atoms with Crippen molar-refractivity contribution >= 4 is 28.8 Å². The molecule has 1 atom stereocenters. The third-order valence-corrected chi connectivity index (χ3v) is 5.07. The van der Waals surface area contributed by atoms with Gasteiger partial charge in [0.1, 0.15) is 0 Å². The smallest absolute Gasteiger partial charge is 0.289 e. The molecule has 0 unspecified atom stereocenters. The lowest BCUT2D eigenvalue weighted by atomic mass is 9.93. The summed E-state index contributed by atoms with van der Waals surface area (Å²) in [5.74, 6) is 0.0191. The van der Waals surface area contributed by atoms with Crippen LogP contribution < -0.4 is 0 Å². The molecule has 0 spiro atoms. The summed E-state index contributed by atoms with van der Waals surface area (Å²) in [5.41, 5.74) is 1.02. The second-order valence-corrected chi connectivity index (χ2v) is 6.51. The Kier molecular flexibility index (Phi) is 4.20. The molecule has 6 heteroatoms. The molecule has 2 saturated heterocycles.